The van der Waals surface area contributed by atoms with E-state index >= 15 is 0 Å². The Balaban J connectivity index is 1.73. The van der Waals surface area contributed by atoms with E-state index in [4.69, 9.17) is 16.3 Å². The lowest BCUT2D eigenvalue weighted by Gasteiger charge is -2.44. The number of ether oxygens (including phenoxy) is 1. The highest BCUT2D eigenvalue weighted by Gasteiger charge is 2.47. The minimum absolute atomic E-state index is 0.289. The first-order chi connectivity index (χ1) is 15.8. The van der Waals surface area contributed by atoms with Gasteiger partial charge in [-0.05, 0) is 54.4 Å². The number of carbonyl (C=O) groups excluding carboxylic acids is 3. The van der Waals surface area contributed by atoms with Crippen LogP contribution < -0.4 is 10.2 Å². The molecular weight excluding hydrogens is 440 g/mol. The number of methoxy groups -OCH3 is 1. The van der Waals surface area contributed by atoms with Gasteiger partial charge in [-0.1, -0.05) is 48.0 Å². The third-order valence-electron chi connectivity index (χ3n) is 5.86. The second kappa shape index (κ2) is 9.08. The monoisotopic (exact) mass is 462 g/mol. The number of halogens is 1. The molecule has 3 aromatic rings. The molecule has 33 heavy (non-hydrogen) atoms. The van der Waals surface area contributed by atoms with Gasteiger partial charge in [-0.2, -0.15) is 0 Å². The number of hydrogen-bond acceptors (Lipinski definition) is 4. The van der Waals surface area contributed by atoms with Gasteiger partial charge in [0.15, 0.2) is 0 Å². The van der Waals surface area contributed by atoms with Crippen LogP contribution >= 0.6 is 11.6 Å². The molecule has 1 N–H and O–H groups in total. The Morgan fingerprint density at radius 2 is 1.79 bits per heavy atom. The molecule has 1 atom stereocenters. The first-order valence-corrected chi connectivity index (χ1v) is 10.8. The number of fused-ring (bicyclic) bond motifs is 1. The van der Waals surface area contributed by atoms with Crippen molar-refractivity contribution in [1.82, 2.24) is 5.32 Å². The van der Waals surface area contributed by atoms with Crippen LogP contribution in [-0.2, 0) is 22.5 Å². The minimum atomic E-state index is -1.22. The molecule has 4 rings (SSSR count). The molecule has 1 aliphatic heterocycles. The maximum atomic E-state index is 13.6. The number of nitrogens with one attached hydrogen (secondary N) is 1. The molecule has 7 heteroatoms. The lowest BCUT2D eigenvalue weighted by atomic mass is 9.82. The van der Waals surface area contributed by atoms with Crippen molar-refractivity contribution in [3.63, 3.8) is 0 Å². The zero-order valence-electron chi connectivity index (χ0n) is 18.3. The summed E-state index contributed by atoms with van der Waals surface area (Å²) >= 11 is 5.95. The molecule has 0 fully saturated rings. The maximum absolute atomic E-state index is 13.6. The Bertz CT molecular complexity index is 1220. The predicted molar refractivity (Wildman–Crippen MR) is 126 cm³/mol. The number of carbonyl (C=O) groups is 3. The number of esters is 1. The average Bonchev–Trinajstić information content (AvgIpc) is 2.83. The highest BCUT2D eigenvalue weighted by atomic mass is 35.5. The van der Waals surface area contributed by atoms with Gasteiger partial charge in [-0.15, -0.1) is 0 Å². The van der Waals surface area contributed by atoms with E-state index in [0.717, 1.165) is 11.1 Å². The van der Waals surface area contributed by atoms with E-state index in [1.54, 1.807) is 55.5 Å². The van der Waals surface area contributed by atoms with Gasteiger partial charge >= 0.3 is 5.97 Å². The molecule has 0 aliphatic carbocycles. The van der Waals surface area contributed by atoms with Crippen LogP contribution in [-0.4, -0.2) is 30.4 Å². The summed E-state index contributed by atoms with van der Waals surface area (Å²) in [5.74, 6) is -1.12. The summed E-state index contributed by atoms with van der Waals surface area (Å²) in [4.78, 5) is 40.7. The quantitative estimate of drug-likeness (QED) is 0.570. The summed E-state index contributed by atoms with van der Waals surface area (Å²) in [6.45, 7) is 2.03. The third-order valence-corrected chi connectivity index (χ3v) is 6.11. The van der Waals surface area contributed by atoms with Gasteiger partial charge in [0.2, 0.25) is 5.91 Å². The molecule has 0 aromatic heterocycles. The van der Waals surface area contributed by atoms with Crippen molar-refractivity contribution in [2.45, 2.75) is 25.4 Å². The molecule has 0 spiro atoms. The smallest absolute Gasteiger partial charge is 0.337 e. The van der Waals surface area contributed by atoms with Gasteiger partial charge < -0.3 is 10.1 Å². The van der Waals surface area contributed by atoms with Crippen molar-refractivity contribution in [2.24, 2.45) is 0 Å². The molecule has 0 saturated carbocycles. The Morgan fingerprint density at radius 1 is 1.06 bits per heavy atom. The van der Waals surface area contributed by atoms with Crippen molar-refractivity contribution in [1.29, 1.82) is 0 Å². The van der Waals surface area contributed by atoms with Crippen molar-refractivity contribution in [3.05, 3.63) is 100 Å². The van der Waals surface area contributed by atoms with Crippen LogP contribution in [0.15, 0.2) is 72.8 Å². The molecule has 1 aliphatic rings. The molecule has 0 bridgehead atoms. The van der Waals surface area contributed by atoms with Crippen molar-refractivity contribution < 1.29 is 19.1 Å². The maximum Gasteiger partial charge on any atom is 0.337 e. The summed E-state index contributed by atoms with van der Waals surface area (Å²) in [6, 6.07) is 21.0. The molecule has 0 saturated heterocycles. The predicted octanol–water partition coefficient (Wildman–Crippen LogP) is 4.40. The standard InChI is InChI=1S/C26H23ClN2O4/c1-26(25(32)28-16-17-10-12-20(27)13-11-17)15-19-6-3-4-9-22(19)23(30)29(26)21-8-5-7-18(14-21)24(31)33-2/h3-14H,15-16H2,1-2H3,(H,28,32). The van der Waals surface area contributed by atoms with E-state index in [9.17, 15) is 14.4 Å². The fraction of sp³-hybridized carbons (Fsp3) is 0.192. The number of benzene rings is 3. The van der Waals surface area contributed by atoms with Crippen molar-refractivity contribution >= 4 is 35.1 Å². The molecular formula is C26H23ClN2O4. The second-order valence-electron chi connectivity index (χ2n) is 8.10. The van der Waals surface area contributed by atoms with E-state index in [0.29, 0.717) is 28.3 Å². The topological polar surface area (TPSA) is 75.7 Å². The fourth-order valence-corrected chi connectivity index (χ4v) is 4.25. The number of rotatable bonds is 5. The van der Waals surface area contributed by atoms with Gasteiger partial charge in [0.1, 0.15) is 5.54 Å². The van der Waals surface area contributed by atoms with Crippen LogP contribution in [0.1, 0.15) is 38.8 Å². The first kappa shape index (κ1) is 22.6. The van der Waals surface area contributed by atoms with Crippen molar-refractivity contribution in [3.8, 4) is 0 Å². The van der Waals surface area contributed by atoms with Crippen LogP contribution in [0.3, 0.4) is 0 Å². The zero-order chi connectivity index (χ0) is 23.6. The number of anilines is 1. The fourth-order valence-electron chi connectivity index (χ4n) is 4.13. The van der Waals surface area contributed by atoms with E-state index in [2.05, 4.69) is 5.32 Å². The van der Waals surface area contributed by atoms with Gasteiger partial charge in [-0.3, -0.25) is 14.5 Å². The van der Waals surface area contributed by atoms with E-state index in [1.807, 2.05) is 24.3 Å². The first-order valence-electron chi connectivity index (χ1n) is 10.5. The van der Waals surface area contributed by atoms with Crippen LogP contribution in [0.25, 0.3) is 0 Å². The minimum Gasteiger partial charge on any atom is -0.465 e. The molecule has 1 heterocycles. The summed E-state index contributed by atoms with van der Waals surface area (Å²) in [7, 11) is 1.30. The van der Waals surface area contributed by atoms with Crippen LogP contribution in [0.5, 0.6) is 0 Å². The number of hydrogen-bond donors (Lipinski definition) is 1. The van der Waals surface area contributed by atoms with E-state index in [1.165, 1.54) is 12.0 Å². The lowest BCUT2D eigenvalue weighted by molar-refractivity contribution is -0.126. The summed E-state index contributed by atoms with van der Waals surface area (Å²) < 4.78 is 4.83. The lowest BCUT2D eigenvalue weighted by Crippen LogP contribution is -2.63. The third kappa shape index (κ3) is 4.34. The zero-order valence-corrected chi connectivity index (χ0v) is 19.1. The Labute approximate surface area is 197 Å². The van der Waals surface area contributed by atoms with Gasteiger partial charge in [0.05, 0.1) is 12.7 Å². The second-order valence-corrected chi connectivity index (χ2v) is 8.54. The van der Waals surface area contributed by atoms with Crippen LogP contribution in [0.4, 0.5) is 5.69 Å². The molecule has 168 valence electrons. The number of amides is 2. The normalized spacial score (nSPS) is 17.3. The summed E-state index contributed by atoms with van der Waals surface area (Å²) in [5, 5.41) is 3.57. The van der Waals surface area contributed by atoms with Gasteiger partial charge in [-0.25, -0.2) is 4.79 Å². The molecule has 3 aromatic carbocycles. The summed E-state index contributed by atoms with van der Waals surface area (Å²) in [5.41, 5.74) is 1.74. The Hall–Kier alpha value is -3.64. The summed E-state index contributed by atoms with van der Waals surface area (Å²) in [6.07, 6.45) is 0.323. The SMILES string of the molecule is COC(=O)c1cccc(N2C(=O)c3ccccc3CC2(C)C(=O)NCc2ccc(Cl)cc2)c1. The number of nitrogens with zero attached hydrogens (tertiary/aromatic N) is 1. The van der Waals surface area contributed by atoms with E-state index < -0.39 is 11.5 Å². The van der Waals surface area contributed by atoms with E-state index in [-0.39, 0.29) is 18.4 Å². The van der Waals surface area contributed by atoms with Gasteiger partial charge in [0.25, 0.3) is 5.91 Å². The Kier molecular flexibility index (Phi) is 6.20. The largest absolute Gasteiger partial charge is 0.465 e. The molecule has 2 amide bonds. The molecule has 0 radical (unpaired) electrons. The van der Waals surface area contributed by atoms with Crippen LogP contribution in [0, 0.1) is 0 Å². The molecule has 6 nitrogen and oxygen atoms in total. The highest BCUT2D eigenvalue weighted by Crippen LogP contribution is 2.36. The van der Waals surface area contributed by atoms with Gasteiger partial charge in [0, 0.05) is 29.2 Å². The molecule has 1 unspecified atom stereocenters. The Morgan fingerprint density at radius 3 is 2.52 bits per heavy atom. The van der Waals surface area contributed by atoms with Crippen LogP contribution in [0.2, 0.25) is 5.02 Å². The average molecular weight is 463 g/mol. The highest BCUT2D eigenvalue weighted by molar-refractivity contribution is 6.30. The van der Waals surface area contributed by atoms with Crippen molar-refractivity contribution in [2.75, 3.05) is 12.0 Å².